The van der Waals surface area contributed by atoms with Gasteiger partial charge in [-0.15, -0.1) is 0 Å². The summed E-state index contributed by atoms with van der Waals surface area (Å²) in [4.78, 5) is 4.01. The van der Waals surface area contributed by atoms with E-state index >= 15 is 0 Å². The van der Waals surface area contributed by atoms with Crippen LogP contribution in [0.3, 0.4) is 0 Å². The third-order valence-electron chi connectivity index (χ3n) is 3.40. The van der Waals surface area contributed by atoms with Crippen molar-refractivity contribution >= 4 is 26.0 Å². The summed E-state index contributed by atoms with van der Waals surface area (Å²) in [5.74, 6) is 0.830. The molecule has 0 aliphatic carbocycles. The molecule has 8 heteroatoms. The van der Waals surface area contributed by atoms with Crippen molar-refractivity contribution in [3.63, 3.8) is 0 Å². The summed E-state index contributed by atoms with van der Waals surface area (Å²) in [7, 11) is -4.02. The van der Waals surface area contributed by atoms with Gasteiger partial charge in [0.05, 0.1) is 11.1 Å². The SMILES string of the molecule is Brc1ccc(OC[C@H]2CCN2)cn1.Cc1ccc(S(=O)(=O)O)cc1. The molecule has 2 N–H and O–H groups in total. The van der Waals surface area contributed by atoms with E-state index in [1.807, 2.05) is 19.1 Å². The topological polar surface area (TPSA) is 88.5 Å². The average molecular weight is 415 g/mol. The smallest absolute Gasteiger partial charge is 0.294 e. The molecule has 1 aliphatic heterocycles. The molecule has 0 saturated carbocycles. The van der Waals surface area contributed by atoms with Crippen LogP contribution in [0.5, 0.6) is 5.75 Å². The number of hydrogen-bond donors (Lipinski definition) is 2. The molecule has 24 heavy (non-hydrogen) atoms. The highest BCUT2D eigenvalue weighted by atomic mass is 79.9. The maximum atomic E-state index is 10.5. The van der Waals surface area contributed by atoms with E-state index in [9.17, 15) is 8.42 Å². The molecular weight excluding hydrogens is 396 g/mol. The number of aromatic nitrogens is 1. The van der Waals surface area contributed by atoms with Crippen LogP contribution in [0, 0.1) is 6.92 Å². The first-order chi connectivity index (χ1) is 11.3. The molecular formula is C16H19BrN2O4S. The zero-order valence-corrected chi connectivity index (χ0v) is 15.5. The maximum Gasteiger partial charge on any atom is 0.294 e. The van der Waals surface area contributed by atoms with Crippen LogP contribution in [0.1, 0.15) is 12.0 Å². The quantitative estimate of drug-likeness (QED) is 0.590. The summed E-state index contributed by atoms with van der Waals surface area (Å²) < 4.78 is 35.9. The number of halogens is 1. The van der Waals surface area contributed by atoms with Crippen LogP contribution in [0.25, 0.3) is 0 Å². The second kappa shape index (κ2) is 8.57. The van der Waals surface area contributed by atoms with Crippen molar-refractivity contribution < 1.29 is 17.7 Å². The van der Waals surface area contributed by atoms with E-state index in [0.717, 1.165) is 29.1 Å². The van der Waals surface area contributed by atoms with Gasteiger partial charge in [0, 0.05) is 6.04 Å². The van der Waals surface area contributed by atoms with Gasteiger partial charge >= 0.3 is 0 Å². The van der Waals surface area contributed by atoms with Gasteiger partial charge in [-0.2, -0.15) is 8.42 Å². The molecule has 1 aromatic heterocycles. The minimum atomic E-state index is -4.02. The minimum Gasteiger partial charge on any atom is -0.490 e. The Morgan fingerprint density at radius 1 is 1.29 bits per heavy atom. The third-order valence-corrected chi connectivity index (χ3v) is 4.73. The number of nitrogens with one attached hydrogen (secondary N) is 1. The molecule has 6 nitrogen and oxygen atoms in total. The number of nitrogens with zero attached hydrogens (tertiary/aromatic N) is 1. The lowest BCUT2D eigenvalue weighted by Crippen LogP contribution is -2.46. The molecule has 0 spiro atoms. The van der Waals surface area contributed by atoms with Gasteiger partial charge in [0.2, 0.25) is 0 Å². The van der Waals surface area contributed by atoms with Crippen LogP contribution >= 0.6 is 15.9 Å². The van der Waals surface area contributed by atoms with Gasteiger partial charge in [-0.25, -0.2) is 4.98 Å². The summed E-state index contributed by atoms with van der Waals surface area (Å²) in [5, 5.41) is 3.27. The molecule has 2 aromatic rings. The second-order valence-electron chi connectivity index (χ2n) is 5.36. The molecule has 130 valence electrons. The summed E-state index contributed by atoms with van der Waals surface area (Å²) in [6.45, 7) is 3.70. The van der Waals surface area contributed by atoms with E-state index in [1.165, 1.54) is 18.6 Å². The Morgan fingerprint density at radius 2 is 1.96 bits per heavy atom. The lowest BCUT2D eigenvalue weighted by molar-refractivity contribution is 0.217. The lowest BCUT2D eigenvalue weighted by Gasteiger charge is -2.27. The Hall–Kier alpha value is -1.48. The largest absolute Gasteiger partial charge is 0.490 e. The maximum absolute atomic E-state index is 10.5. The zero-order chi connectivity index (χ0) is 17.6. The fourth-order valence-electron chi connectivity index (χ4n) is 1.85. The molecule has 1 saturated heterocycles. The predicted octanol–water partition coefficient (Wildman–Crippen LogP) is 2.83. The highest BCUT2D eigenvalue weighted by molar-refractivity contribution is 9.10. The monoisotopic (exact) mass is 414 g/mol. The standard InChI is InChI=1S/C9H11BrN2O.C7H8O3S/c10-9-2-1-8(5-12-9)13-6-7-3-4-11-7;1-6-2-4-7(5-3-6)11(8,9)10/h1-2,5,7,11H,3-4,6H2;2-5H,1H3,(H,8,9,10)/t7-;/m1./s1. The van der Waals surface area contributed by atoms with Crippen LogP contribution in [-0.2, 0) is 10.1 Å². The Kier molecular flexibility index (Phi) is 6.73. The number of pyridine rings is 1. The van der Waals surface area contributed by atoms with Gasteiger partial charge in [0.15, 0.2) is 0 Å². The molecule has 1 atom stereocenters. The molecule has 0 radical (unpaired) electrons. The predicted molar refractivity (Wildman–Crippen MR) is 94.8 cm³/mol. The van der Waals surface area contributed by atoms with Crippen molar-refractivity contribution in [1.29, 1.82) is 0 Å². The Balaban J connectivity index is 0.000000177. The third kappa shape index (κ3) is 6.20. The molecule has 0 bridgehead atoms. The highest BCUT2D eigenvalue weighted by Gasteiger charge is 2.16. The summed E-state index contributed by atoms with van der Waals surface area (Å²) >= 11 is 3.27. The van der Waals surface area contributed by atoms with Gasteiger partial charge in [-0.1, -0.05) is 17.7 Å². The van der Waals surface area contributed by atoms with E-state index in [4.69, 9.17) is 9.29 Å². The first kappa shape index (κ1) is 18.9. The van der Waals surface area contributed by atoms with Gasteiger partial charge < -0.3 is 10.1 Å². The van der Waals surface area contributed by atoms with Crippen molar-refractivity contribution in [2.75, 3.05) is 13.2 Å². The van der Waals surface area contributed by atoms with Crippen LogP contribution < -0.4 is 10.1 Å². The van der Waals surface area contributed by atoms with Crippen molar-refractivity contribution in [1.82, 2.24) is 10.3 Å². The number of benzene rings is 1. The number of hydrogen-bond acceptors (Lipinski definition) is 5. The van der Waals surface area contributed by atoms with E-state index in [0.29, 0.717) is 6.04 Å². The zero-order valence-electron chi connectivity index (χ0n) is 13.1. The van der Waals surface area contributed by atoms with Crippen LogP contribution in [0.4, 0.5) is 0 Å². The normalized spacial score (nSPS) is 16.5. The fourth-order valence-corrected chi connectivity index (χ4v) is 2.56. The molecule has 1 aromatic carbocycles. The highest BCUT2D eigenvalue weighted by Crippen LogP contribution is 2.14. The molecule has 0 amide bonds. The molecule has 2 heterocycles. The summed E-state index contributed by atoms with van der Waals surface area (Å²) in [6, 6.07) is 10.3. The Bertz CT molecular complexity index is 745. The fraction of sp³-hybridized carbons (Fsp3) is 0.312. The van der Waals surface area contributed by atoms with Crippen molar-refractivity contribution in [2.45, 2.75) is 24.3 Å². The molecule has 1 aliphatic rings. The molecule has 1 fully saturated rings. The van der Waals surface area contributed by atoms with Crippen LogP contribution in [0.15, 0.2) is 52.1 Å². The summed E-state index contributed by atoms with van der Waals surface area (Å²) in [5.41, 5.74) is 0.956. The van der Waals surface area contributed by atoms with Crippen molar-refractivity contribution in [3.05, 3.63) is 52.8 Å². The lowest BCUT2D eigenvalue weighted by atomic mass is 10.1. The van der Waals surface area contributed by atoms with Crippen LogP contribution in [-0.4, -0.2) is 37.1 Å². The average Bonchev–Trinajstić information content (AvgIpc) is 2.48. The Morgan fingerprint density at radius 3 is 2.42 bits per heavy atom. The number of rotatable bonds is 4. The van der Waals surface area contributed by atoms with Gasteiger partial charge in [-0.3, -0.25) is 4.55 Å². The van der Waals surface area contributed by atoms with E-state index in [-0.39, 0.29) is 4.90 Å². The van der Waals surface area contributed by atoms with Crippen molar-refractivity contribution in [3.8, 4) is 5.75 Å². The Labute approximate surface area is 150 Å². The van der Waals surface area contributed by atoms with E-state index in [2.05, 4.69) is 26.2 Å². The van der Waals surface area contributed by atoms with Crippen molar-refractivity contribution in [2.24, 2.45) is 0 Å². The van der Waals surface area contributed by atoms with Gasteiger partial charge in [0.25, 0.3) is 10.1 Å². The first-order valence-electron chi connectivity index (χ1n) is 7.36. The molecule has 3 rings (SSSR count). The van der Waals surface area contributed by atoms with Gasteiger partial charge in [-0.05, 0) is 60.1 Å². The molecule has 0 unspecified atom stereocenters. The van der Waals surface area contributed by atoms with Crippen LogP contribution in [0.2, 0.25) is 0 Å². The number of aryl methyl sites for hydroxylation is 1. The first-order valence-corrected chi connectivity index (χ1v) is 9.60. The minimum absolute atomic E-state index is 0.0666. The summed E-state index contributed by atoms with van der Waals surface area (Å²) in [6.07, 6.45) is 2.94. The number of ether oxygens (including phenoxy) is 1. The van der Waals surface area contributed by atoms with E-state index < -0.39 is 10.1 Å². The van der Waals surface area contributed by atoms with E-state index in [1.54, 1.807) is 18.3 Å². The van der Waals surface area contributed by atoms with Gasteiger partial charge in [0.1, 0.15) is 17.0 Å². The second-order valence-corrected chi connectivity index (χ2v) is 7.59.